The van der Waals surface area contributed by atoms with Gasteiger partial charge < -0.3 is 10.6 Å². The third-order valence-electron chi connectivity index (χ3n) is 2.65. The Bertz CT molecular complexity index is 326. The minimum Gasteiger partial charge on any atom is -0.315 e. The predicted molar refractivity (Wildman–Crippen MR) is 66.0 cm³/mol. The monoisotopic (exact) mass is 224 g/mol. The van der Waals surface area contributed by atoms with Crippen molar-refractivity contribution in [1.82, 2.24) is 10.6 Å². The Morgan fingerprint density at radius 2 is 2.12 bits per heavy atom. The number of hydrogen-bond acceptors (Lipinski definition) is 2. The molecule has 0 spiro atoms. The largest absolute Gasteiger partial charge is 0.315 e. The lowest BCUT2D eigenvalue weighted by Gasteiger charge is -2.15. The number of nitrogens with one attached hydrogen (secondary N) is 2. The Hall–Kier alpha value is -0.930. The van der Waals surface area contributed by atoms with Gasteiger partial charge in [0.05, 0.1) is 0 Å². The summed E-state index contributed by atoms with van der Waals surface area (Å²) >= 11 is 0. The van der Waals surface area contributed by atoms with Crippen LogP contribution in [0.25, 0.3) is 0 Å². The highest BCUT2D eigenvalue weighted by Crippen LogP contribution is 2.09. The molecule has 1 atom stereocenters. The molecule has 0 aliphatic heterocycles. The second-order valence-corrected chi connectivity index (χ2v) is 4.16. The summed E-state index contributed by atoms with van der Waals surface area (Å²) in [6.45, 7) is 8.85. The lowest BCUT2D eigenvalue weighted by Crippen LogP contribution is -2.35. The fourth-order valence-corrected chi connectivity index (χ4v) is 1.55. The van der Waals surface area contributed by atoms with Crippen molar-refractivity contribution in [3.8, 4) is 0 Å². The van der Waals surface area contributed by atoms with Gasteiger partial charge in [0.25, 0.3) is 0 Å². The van der Waals surface area contributed by atoms with Gasteiger partial charge in [0, 0.05) is 19.1 Å². The van der Waals surface area contributed by atoms with Gasteiger partial charge in [0.2, 0.25) is 0 Å². The van der Waals surface area contributed by atoms with E-state index in [1.54, 1.807) is 6.07 Å². The molecule has 0 fully saturated rings. The normalized spacial score (nSPS) is 12.8. The van der Waals surface area contributed by atoms with E-state index in [9.17, 15) is 4.39 Å². The molecule has 1 aromatic carbocycles. The number of likely N-dealkylation sites (N-methyl/N-ethyl adjacent to an activating group) is 1. The van der Waals surface area contributed by atoms with Crippen LogP contribution in [-0.2, 0) is 6.54 Å². The fraction of sp³-hybridized carbons (Fsp3) is 0.538. The van der Waals surface area contributed by atoms with Gasteiger partial charge in [-0.05, 0) is 43.7 Å². The Kier molecular flexibility index (Phi) is 5.43. The maximum atomic E-state index is 13.0. The van der Waals surface area contributed by atoms with E-state index in [2.05, 4.69) is 24.5 Å². The molecule has 1 aromatic rings. The van der Waals surface area contributed by atoms with Crippen LogP contribution in [0.3, 0.4) is 0 Å². The molecule has 1 rings (SSSR count). The van der Waals surface area contributed by atoms with Crippen LogP contribution in [0, 0.1) is 12.7 Å². The molecular weight excluding hydrogens is 203 g/mol. The molecule has 0 aliphatic rings. The van der Waals surface area contributed by atoms with E-state index in [1.807, 2.05) is 13.0 Å². The van der Waals surface area contributed by atoms with Crippen molar-refractivity contribution >= 4 is 0 Å². The molecule has 90 valence electrons. The Morgan fingerprint density at radius 1 is 1.38 bits per heavy atom. The molecule has 2 N–H and O–H groups in total. The van der Waals surface area contributed by atoms with Crippen molar-refractivity contribution in [2.24, 2.45) is 0 Å². The van der Waals surface area contributed by atoms with E-state index < -0.39 is 0 Å². The van der Waals surface area contributed by atoms with Crippen LogP contribution in [0.15, 0.2) is 18.2 Å². The van der Waals surface area contributed by atoms with Crippen LogP contribution in [0.4, 0.5) is 4.39 Å². The van der Waals surface area contributed by atoms with Crippen LogP contribution >= 0.6 is 0 Å². The summed E-state index contributed by atoms with van der Waals surface area (Å²) < 4.78 is 13.0. The lowest BCUT2D eigenvalue weighted by atomic mass is 10.1. The maximum absolute atomic E-state index is 13.0. The number of rotatable bonds is 6. The summed E-state index contributed by atoms with van der Waals surface area (Å²) in [5.41, 5.74) is 2.16. The number of benzene rings is 1. The summed E-state index contributed by atoms with van der Waals surface area (Å²) in [6, 6.07) is 5.31. The van der Waals surface area contributed by atoms with Gasteiger partial charge >= 0.3 is 0 Å². The zero-order valence-electron chi connectivity index (χ0n) is 10.3. The SMILES string of the molecule is CCNCC(C)NCc1cc(F)ccc1C. The Balaban J connectivity index is 2.44. The van der Waals surface area contributed by atoms with E-state index in [0.717, 1.165) is 30.8 Å². The van der Waals surface area contributed by atoms with Crippen LogP contribution < -0.4 is 10.6 Å². The predicted octanol–water partition coefficient (Wildman–Crippen LogP) is 2.22. The van der Waals surface area contributed by atoms with Gasteiger partial charge in [-0.25, -0.2) is 4.39 Å². The van der Waals surface area contributed by atoms with E-state index in [1.165, 1.54) is 6.07 Å². The summed E-state index contributed by atoms with van der Waals surface area (Å²) in [5, 5.41) is 6.65. The number of halogens is 1. The minimum absolute atomic E-state index is 0.165. The summed E-state index contributed by atoms with van der Waals surface area (Å²) in [6.07, 6.45) is 0. The van der Waals surface area contributed by atoms with Gasteiger partial charge in [-0.2, -0.15) is 0 Å². The average molecular weight is 224 g/mol. The van der Waals surface area contributed by atoms with Crippen molar-refractivity contribution < 1.29 is 4.39 Å². The van der Waals surface area contributed by atoms with Crippen LogP contribution in [-0.4, -0.2) is 19.1 Å². The van der Waals surface area contributed by atoms with Gasteiger partial charge in [-0.15, -0.1) is 0 Å². The van der Waals surface area contributed by atoms with Crippen LogP contribution in [0.5, 0.6) is 0 Å². The zero-order valence-corrected chi connectivity index (χ0v) is 10.3. The minimum atomic E-state index is -0.165. The first-order valence-corrected chi connectivity index (χ1v) is 5.82. The number of aryl methyl sites for hydroxylation is 1. The van der Waals surface area contributed by atoms with E-state index in [-0.39, 0.29) is 5.82 Å². The molecule has 0 radical (unpaired) electrons. The zero-order chi connectivity index (χ0) is 12.0. The Morgan fingerprint density at radius 3 is 2.81 bits per heavy atom. The molecule has 3 heteroatoms. The second-order valence-electron chi connectivity index (χ2n) is 4.16. The van der Waals surface area contributed by atoms with Crippen LogP contribution in [0.2, 0.25) is 0 Å². The highest BCUT2D eigenvalue weighted by molar-refractivity contribution is 5.26. The second kappa shape index (κ2) is 6.61. The van der Waals surface area contributed by atoms with Crippen molar-refractivity contribution in [2.75, 3.05) is 13.1 Å². The fourth-order valence-electron chi connectivity index (χ4n) is 1.55. The van der Waals surface area contributed by atoms with E-state index >= 15 is 0 Å². The Labute approximate surface area is 97.3 Å². The third kappa shape index (κ3) is 4.29. The molecule has 0 aromatic heterocycles. The first-order valence-electron chi connectivity index (χ1n) is 5.82. The summed E-state index contributed by atoms with van der Waals surface area (Å²) in [5.74, 6) is -0.165. The smallest absolute Gasteiger partial charge is 0.123 e. The van der Waals surface area contributed by atoms with Gasteiger partial charge in [0.1, 0.15) is 5.82 Å². The molecule has 0 aliphatic carbocycles. The molecule has 0 heterocycles. The quantitative estimate of drug-likeness (QED) is 0.774. The molecule has 0 saturated carbocycles. The van der Waals surface area contributed by atoms with Crippen LogP contribution in [0.1, 0.15) is 25.0 Å². The average Bonchev–Trinajstić information content (AvgIpc) is 2.27. The molecule has 2 nitrogen and oxygen atoms in total. The van der Waals surface area contributed by atoms with Crippen molar-refractivity contribution in [3.63, 3.8) is 0 Å². The first-order chi connectivity index (χ1) is 7.63. The van der Waals surface area contributed by atoms with Crippen molar-refractivity contribution in [2.45, 2.75) is 33.4 Å². The summed E-state index contributed by atoms with van der Waals surface area (Å²) in [4.78, 5) is 0. The standard InChI is InChI=1S/C13H21FN2/c1-4-15-8-11(3)16-9-12-7-13(14)6-5-10(12)2/h5-7,11,15-16H,4,8-9H2,1-3H3. The third-order valence-corrected chi connectivity index (χ3v) is 2.65. The maximum Gasteiger partial charge on any atom is 0.123 e. The van der Waals surface area contributed by atoms with Gasteiger partial charge in [-0.1, -0.05) is 13.0 Å². The van der Waals surface area contributed by atoms with Gasteiger partial charge in [0.15, 0.2) is 0 Å². The first kappa shape index (κ1) is 13.1. The highest BCUT2D eigenvalue weighted by Gasteiger charge is 2.03. The number of hydrogen-bond donors (Lipinski definition) is 2. The van der Waals surface area contributed by atoms with Gasteiger partial charge in [-0.3, -0.25) is 0 Å². The van der Waals surface area contributed by atoms with Crippen molar-refractivity contribution in [3.05, 3.63) is 35.1 Å². The van der Waals surface area contributed by atoms with E-state index in [0.29, 0.717) is 6.04 Å². The molecule has 0 saturated heterocycles. The highest BCUT2D eigenvalue weighted by atomic mass is 19.1. The molecule has 0 bridgehead atoms. The summed E-state index contributed by atoms with van der Waals surface area (Å²) in [7, 11) is 0. The molecule has 0 amide bonds. The lowest BCUT2D eigenvalue weighted by molar-refractivity contribution is 0.507. The van der Waals surface area contributed by atoms with E-state index in [4.69, 9.17) is 0 Å². The molecule has 1 unspecified atom stereocenters. The van der Waals surface area contributed by atoms with Crippen molar-refractivity contribution in [1.29, 1.82) is 0 Å². The molecule has 16 heavy (non-hydrogen) atoms. The molecular formula is C13H21FN2. The topological polar surface area (TPSA) is 24.1 Å².